The van der Waals surface area contributed by atoms with E-state index in [2.05, 4.69) is 20.6 Å². The van der Waals surface area contributed by atoms with E-state index in [1.165, 1.54) is 22.7 Å². The van der Waals surface area contributed by atoms with Crippen LogP contribution in [0.3, 0.4) is 0 Å². The first-order chi connectivity index (χ1) is 14.1. The third-order valence-electron chi connectivity index (χ3n) is 4.22. The fourth-order valence-electron chi connectivity index (χ4n) is 2.69. The molecular weight excluding hydrogens is 424 g/mol. The van der Waals surface area contributed by atoms with Gasteiger partial charge in [0.15, 0.2) is 10.3 Å². The van der Waals surface area contributed by atoms with Crippen molar-refractivity contribution in [2.24, 2.45) is 0 Å². The summed E-state index contributed by atoms with van der Waals surface area (Å²) in [7, 11) is -3.55. The lowest BCUT2D eigenvalue weighted by Crippen LogP contribution is -2.04. The van der Waals surface area contributed by atoms with Crippen molar-refractivity contribution in [2.45, 2.75) is 22.9 Å². The largest absolute Gasteiger partial charge is 0.357 e. The molecule has 0 saturated carbocycles. The summed E-state index contributed by atoms with van der Waals surface area (Å²) in [5.41, 5.74) is 1.98. The molecule has 0 saturated heterocycles. The molecule has 0 aliphatic rings. The van der Waals surface area contributed by atoms with Crippen molar-refractivity contribution >= 4 is 42.8 Å². The molecule has 2 heterocycles. The molecule has 0 unspecified atom stereocenters. The zero-order chi connectivity index (χ0) is 20.1. The van der Waals surface area contributed by atoms with Crippen LogP contribution in [0.15, 0.2) is 81.5 Å². The van der Waals surface area contributed by atoms with E-state index in [1.807, 2.05) is 35.0 Å². The zero-order valence-corrected chi connectivity index (χ0v) is 17.7. The number of nitrogens with zero attached hydrogens (tertiary/aromatic N) is 2. The lowest BCUT2D eigenvalue weighted by atomic mass is 10.2. The van der Waals surface area contributed by atoms with Gasteiger partial charge >= 0.3 is 0 Å². The Morgan fingerprint density at radius 3 is 1.45 bits per heavy atom. The molecule has 2 aromatic heterocycles. The SMILES string of the molecule is O=S(=O)(c1ccc(CNc2nccs2)cc1)c1ccc(CNc2nccs2)cc1. The molecule has 2 N–H and O–H groups in total. The molecule has 0 aliphatic heterocycles. The van der Waals surface area contributed by atoms with Crippen LogP contribution in [-0.4, -0.2) is 18.4 Å². The fraction of sp³-hybridized carbons (Fsp3) is 0.100. The summed E-state index contributed by atoms with van der Waals surface area (Å²) in [5.74, 6) is 0. The van der Waals surface area contributed by atoms with Gasteiger partial charge in [0.2, 0.25) is 9.84 Å². The number of aromatic nitrogens is 2. The van der Waals surface area contributed by atoms with Gasteiger partial charge in [-0.3, -0.25) is 0 Å². The van der Waals surface area contributed by atoms with E-state index in [0.29, 0.717) is 13.1 Å². The highest BCUT2D eigenvalue weighted by atomic mass is 32.2. The number of benzene rings is 2. The number of hydrogen-bond acceptors (Lipinski definition) is 8. The van der Waals surface area contributed by atoms with Gasteiger partial charge in [0.25, 0.3) is 0 Å². The number of hydrogen-bond donors (Lipinski definition) is 2. The Labute approximate surface area is 177 Å². The molecule has 2 aromatic carbocycles. The van der Waals surface area contributed by atoms with E-state index in [0.717, 1.165) is 21.4 Å². The first kappa shape index (κ1) is 19.6. The molecule has 4 aromatic rings. The Morgan fingerprint density at radius 1 is 0.690 bits per heavy atom. The number of nitrogens with one attached hydrogen (secondary N) is 2. The number of thiazole rings is 2. The van der Waals surface area contributed by atoms with Crippen LogP contribution >= 0.6 is 22.7 Å². The first-order valence-corrected chi connectivity index (χ1v) is 12.1. The Kier molecular flexibility index (Phi) is 5.89. The van der Waals surface area contributed by atoms with Crippen LogP contribution in [0.5, 0.6) is 0 Å². The Morgan fingerprint density at radius 2 is 1.10 bits per heavy atom. The summed E-state index contributed by atoms with van der Waals surface area (Å²) in [6.07, 6.45) is 3.48. The highest BCUT2D eigenvalue weighted by molar-refractivity contribution is 7.91. The quantitative estimate of drug-likeness (QED) is 0.413. The molecule has 4 rings (SSSR count). The molecule has 0 radical (unpaired) electrons. The molecule has 6 nitrogen and oxygen atoms in total. The molecule has 0 bridgehead atoms. The van der Waals surface area contributed by atoms with Gasteiger partial charge in [0.05, 0.1) is 9.79 Å². The van der Waals surface area contributed by atoms with E-state index >= 15 is 0 Å². The molecule has 29 heavy (non-hydrogen) atoms. The summed E-state index contributed by atoms with van der Waals surface area (Å²) in [4.78, 5) is 8.90. The Bertz CT molecular complexity index is 1050. The molecule has 148 valence electrons. The number of rotatable bonds is 8. The van der Waals surface area contributed by atoms with E-state index in [9.17, 15) is 8.42 Å². The molecular formula is C20H18N4O2S3. The van der Waals surface area contributed by atoms with Crippen molar-refractivity contribution in [3.63, 3.8) is 0 Å². The summed E-state index contributed by atoms with van der Waals surface area (Å²) in [6.45, 7) is 1.18. The van der Waals surface area contributed by atoms with Gasteiger partial charge < -0.3 is 10.6 Å². The maximum atomic E-state index is 12.9. The Hall–Kier alpha value is -2.75. The molecule has 0 spiro atoms. The predicted molar refractivity (Wildman–Crippen MR) is 117 cm³/mol. The van der Waals surface area contributed by atoms with Gasteiger partial charge in [-0.15, -0.1) is 22.7 Å². The van der Waals surface area contributed by atoms with Crippen molar-refractivity contribution in [2.75, 3.05) is 10.6 Å². The number of sulfone groups is 1. The van der Waals surface area contributed by atoms with Crippen molar-refractivity contribution < 1.29 is 8.42 Å². The average molecular weight is 443 g/mol. The lowest BCUT2D eigenvalue weighted by molar-refractivity contribution is 0.596. The second-order valence-electron chi connectivity index (χ2n) is 6.17. The van der Waals surface area contributed by atoms with Gasteiger partial charge in [-0.2, -0.15) is 0 Å². The van der Waals surface area contributed by atoms with E-state index < -0.39 is 9.84 Å². The number of anilines is 2. The van der Waals surface area contributed by atoms with Crippen molar-refractivity contribution in [1.82, 2.24) is 9.97 Å². The smallest absolute Gasteiger partial charge is 0.206 e. The summed E-state index contributed by atoms with van der Waals surface area (Å²) < 4.78 is 25.8. The van der Waals surface area contributed by atoms with Crippen LogP contribution in [0.4, 0.5) is 10.3 Å². The highest BCUT2D eigenvalue weighted by Crippen LogP contribution is 2.22. The maximum absolute atomic E-state index is 12.9. The third kappa shape index (κ3) is 4.81. The van der Waals surface area contributed by atoms with E-state index in [1.54, 1.807) is 36.7 Å². The predicted octanol–water partition coefficient (Wildman–Crippen LogP) is 4.66. The molecule has 0 atom stereocenters. The second-order valence-corrected chi connectivity index (χ2v) is 9.91. The molecule has 0 aliphatic carbocycles. The minimum Gasteiger partial charge on any atom is -0.357 e. The maximum Gasteiger partial charge on any atom is 0.206 e. The molecule has 0 amide bonds. The van der Waals surface area contributed by atoms with Gasteiger partial charge in [-0.25, -0.2) is 18.4 Å². The van der Waals surface area contributed by atoms with E-state index in [-0.39, 0.29) is 9.79 Å². The zero-order valence-electron chi connectivity index (χ0n) is 15.3. The topological polar surface area (TPSA) is 84.0 Å². The molecule has 9 heteroatoms. The van der Waals surface area contributed by atoms with Crippen LogP contribution < -0.4 is 10.6 Å². The van der Waals surface area contributed by atoms with Crippen molar-refractivity contribution in [3.05, 3.63) is 82.8 Å². The first-order valence-electron chi connectivity index (χ1n) is 8.81. The van der Waals surface area contributed by atoms with Crippen molar-refractivity contribution in [3.8, 4) is 0 Å². The van der Waals surface area contributed by atoms with Gasteiger partial charge in [0, 0.05) is 36.2 Å². The normalized spacial score (nSPS) is 11.3. The monoisotopic (exact) mass is 442 g/mol. The summed E-state index contributed by atoms with van der Waals surface area (Å²) in [6, 6.07) is 13.9. The Balaban J connectivity index is 1.41. The summed E-state index contributed by atoms with van der Waals surface area (Å²) in [5, 5.41) is 11.9. The fourth-order valence-corrected chi connectivity index (χ4v) is 5.00. The standard InChI is InChI=1S/C20H18N4O2S3/c25-29(26,17-5-1-15(2-6-17)13-23-19-21-9-11-27-19)18-7-3-16(4-8-18)14-24-20-22-10-12-28-20/h1-12H,13-14H2,(H,21,23)(H,22,24). The van der Waals surface area contributed by atoms with Crippen molar-refractivity contribution in [1.29, 1.82) is 0 Å². The van der Waals surface area contributed by atoms with Gasteiger partial charge in [-0.05, 0) is 35.4 Å². The lowest BCUT2D eigenvalue weighted by Gasteiger charge is -2.08. The van der Waals surface area contributed by atoms with Crippen LogP contribution in [-0.2, 0) is 22.9 Å². The molecule has 0 fully saturated rings. The minimum atomic E-state index is -3.55. The van der Waals surface area contributed by atoms with Crippen LogP contribution in [0.1, 0.15) is 11.1 Å². The average Bonchev–Trinajstić information content (AvgIpc) is 3.45. The van der Waals surface area contributed by atoms with Gasteiger partial charge in [-0.1, -0.05) is 24.3 Å². The summed E-state index contributed by atoms with van der Waals surface area (Å²) >= 11 is 3.05. The third-order valence-corrected chi connectivity index (χ3v) is 7.47. The van der Waals surface area contributed by atoms with E-state index in [4.69, 9.17) is 0 Å². The van der Waals surface area contributed by atoms with Crippen LogP contribution in [0.2, 0.25) is 0 Å². The minimum absolute atomic E-state index is 0.282. The van der Waals surface area contributed by atoms with Crippen LogP contribution in [0.25, 0.3) is 0 Å². The van der Waals surface area contributed by atoms with Crippen LogP contribution in [0, 0.1) is 0 Å². The van der Waals surface area contributed by atoms with Gasteiger partial charge in [0.1, 0.15) is 0 Å². The second kappa shape index (κ2) is 8.73. The highest BCUT2D eigenvalue weighted by Gasteiger charge is 2.17.